The van der Waals surface area contributed by atoms with Crippen molar-refractivity contribution < 1.29 is 4.74 Å². The summed E-state index contributed by atoms with van der Waals surface area (Å²) >= 11 is 12.1. The van der Waals surface area contributed by atoms with E-state index in [0.717, 1.165) is 18.7 Å². The van der Waals surface area contributed by atoms with Gasteiger partial charge in [0.05, 0.1) is 0 Å². The van der Waals surface area contributed by atoms with Crippen LogP contribution in [0.2, 0.25) is 10.0 Å². The normalized spacial score (nSPS) is 10.9. The second kappa shape index (κ2) is 7.64. The Bertz CT molecular complexity index is 603. The topological polar surface area (TPSA) is 34.2 Å². The Kier molecular flexibility index (Phi) is 5.85. The molecule has 1 aromatic carbocycles. The Morgan fingerprint density at radius 3 is 2.71 bits per heavy atom. The molecule has 1 aromatic heterocycles. The number of hydrogen-bond donors (Lipinski definition) is 1. The molecule has 0 aliphatic carbocycles. The fourth-order valence-corrected chi connectivity index (χ4v) is 2.19. The summed E-state index contributed by atoms with van der Waals surface area (Å²) in [6.07, 6.45) is 1.76. The first-order valence-corrected chi connectivity index (χ1v) is 7.58. The van der Waals surface area contributed by atoms with E-state index in [1.165, 1.54) is 0 Å². The summed E-state index contributed by atoms with van der Waals surface area (Å²) in [5.41, 5.74) is 1.03. The molecule has 112 valence electrons. The molecule has 0 spiro atoms. The van der Waals surface area contributed by atoms with Gasteiger partial charge in [0.1, 0.15) is 10.8 Å². The summed E-state index contributed by atoms with van der Waals surface area (Å²) in [7, 11) is 0. The highest BCUT2D eigenvalue weighted by atomic mass is 35.5. The van der Waals surface area contributed by atoms with Gasteiger partial charge in [-0.1, -0.05) is 43.1 Å². The van der Waals surface area contributed by atoms with Crippen LogP contribution in [0.15, 0.2) is 36.5 Å². The summed E-state index contributed by atoms with van der Waals surface area (Å²) in [4.78, 5) is 4.26. The molecule has 0 saturated heterocycles. The van der Waals surface area contributed by atoms with Crippen molar-refractivity contribution >= 4 is 23.2 Å². The maximum Gasteiger partial charge on any atom is 0.238 e. The number of nitrogens with one attached hydrogen (secondary N) is 1. The zero-order valence-corrected chi connectivity index (χ0v) is 13.6. The maximum atomic E-state index is 6.21. The molecule has 0 aliphatic heterocycles. The maximum absolute atomic E-state index is 6.21. The third-order valence-corrected chi connectivity index (χ3v) is 3.26. The quantitative estimate of drug-likeness (QED) is 0.818. The summed E-state index contributed by atoms with van der Waals surface area (Å²) in [6, 6.07) is 8.99. The van der Waals surface area contributed by atoms with Crippen LogP contribution in [-0.2, 0) is 6.54 Å². The third-order valence-electron chi connectivity index (χ3n) is 2.76. The second-order valence-electron chi connectivity index (χ2n) is 5.21. The van der Waals surface area contributed by atoms with Gasteiger partial charge in [-0.25, -0.2) is 4.98 Å². The molecule has 0 unspecified atom stereocenters. The van der Waals surface area contributed by atoms with Crippen molar-refractivity contribution in [2.45, 2.75) is 20.4 Å². The van der Waals surface area contributed by atoms with E-state index in [9.17, 15) is 0 Å². The summed E-state index contributed by atoms with van der Waals surface area (Å²) < 4.78 is 5.64. The number of aromatic nitrogens is 1. The van der Waals surface area contributed by atoms with Gasteiger partial charge in [-0.2, -0.15) is 0 Å². The zero-order chi connectivity index (χ0) is 15.2. The zero-order valence-electron chi connectivity index (χ0n) is 12.1. The first-order valence-electron chi connectivity index (χ1n) is 6.83. The number of halogens is 2. The summed E-state index contributed by atoms with van der Waals surface area (Å²) in [5.74, 6) is 1.60. The Hall–Kier alpha value is -1.29. The van der Waals surface area contributed by atoms with E-state index in [1.54, 1.807) is 18.3 Å². The molecule has 0 amide bonds. The van der Waals surface area contributed by atoms with Crippen LogP contribution in [0.4, 0.5) is 0 Å². The van der Waals surface area contributed by atoms with Crippen molar-refractivity contribution in [1.29, 1.82) is 0 Å². The fraction of sp³-hybridized carbons (Fsp3) is 0.312. The molecule has 5 heteroatoms. The molecule has 0 fully saturated rings. The molecule has 0 radical (unpaired) electrons. The first-order chi connectivity index (χ1) is 10.0. The Morgan fingerprint density at radius 2 is 2.05 bits per heavy atom. The lowest BCUT2D eigenvalue weighted by Gasteiger charge is -2.10. The van der Waals surface area contributed by atoms with E-state index in [1.807, 2.05) is 18.2 Å². The van der Waals surface area contributed by atoms with Crippen molar-refractivity contribution in [2.24, 2.45) is 5.92 Å². The smallest absolute Gasteiger partial charge is 0.238 e. The molecular formula is C16H18Cl2N2O. The highest BCUT2D eigenvalue weighted by Crippen LogP contribution is 2.28. The SMILES string of the molecule is CC(C)CNCc1cnc(Oc2cccc(Cl)c2)c(Cl)c1. The van der Waals surface area contributed by atoms with Crippen LogP contribution in [0, 0.1) is 5.92 Å². The largest absolute Gasteiger partial charge is 0.437 e. The van der Waals surface area contributed by atoms with Crippen molar-refractivity contribution in [1.82, 2.24) is 10.3 Å². The van der Waals surface area contributed by atoms with E-state index in [2.05, 4.69) is 24.1 Å². The van der Waals surface area contributed by atoms with E-state index in [0.29, 0.717) is 27.6 Å². The van der Waals surface area contributed by atoms with E-state index in [-0.39, 0.29) is 0 Å². The lowest BCUT2D eigenvalue weighted by molar-refractivity contribution is 0.462. The summed E-state index contributed by atoms with van der Waals surface area (Å²) in [6.45, 7) is 6.03. The fourth-order valence-electron chi connectivity index (χ4n) is 1.78. The lowest BCUT2D eigenvalue weighted by Crippen LogP contribution is -2.19. The molecule has 0 atom stereocenters. The van der Waals surface area contributed by atoms with Gasteiger partial charge >= 0.3 is 0 Å². The predicted molar refractivity (Wildman–Crippen MR) is 87.3 cm³/mol. The first kappa shape index (κ1) is 16.1. The molecule has 1 heterocycles. The highest BCUT2D eigenvalue weighted by molar-refractivity contribution is 6.32. The molecule has 1 N–H and O–H groups in total. The minimum Gasteiger partial charge on any atom is -0.437 e. The molecule has 0 bridgehead atoms. The minimum absolute atomic E-state index is 0.381. The monoisotopic (exact) mass is 324 g/mol. The summed E-state index contributed by atoms with van der Waals surface area (Å²) in [5, 5.41) is 4.44. The van der Waals surface area contributed by atoms with Crippen LogP contribution in [-0.4, -0.2) is 11.5 Å². The van der Waals surface area contributed by atoms with Crippen LogP contribution < -0.4 is 10.1 Å². The van der Waals surface area contributed by atoms with Gasteiger partial charge in [0.15, 0.2) is 0 Å². The van der Waals surface area contributed by atoms with E-state index >= 15 is 0 Å². The predicted octanol–water partition coefficient (Wildman–Crippen LogP) is 4.93. The van der Waals surface area contributed by atoms with Crippen LogP contribution in [0.25, 0.3) is 0 Å². The average molecular weight is 325 g/mol. The standard InChI is InChI=1S/C16H18Cl2N2O/c1-11(2)8-19-9-12-6-15(18)16(20-10-12)21-14-5-3-4-13(17)7-14/h3-7,10-11,19H,8-9H2,1-2H3. The number of hydrogen-bond acceptors (Lipinski definition) is 3. The molecule has 0 saturated carbocycles. The van der Waals surface area contributed by atoms with Gasteiger partial charge in [0.2, 0.25) is 5.88 Å². The lowest BCUT2D eigenvalue weighted by atomic mass is 10.2. The van der Waals surface area contributed by atoms with E-state index < -0.39 is 0 Å². The number of pyridine rings is 1. The van der Waals surface area contributed by atoms with Crippen LogP contribution >= 0.6 is 23.2 Å². The third kappa shape index (κ3) is 5.20. The van der Waals surface area contributed by atoms with Gasteiger partial charge in [0.25, 0.3) is 0 Å². The van der Waals surface area contributed by atoms with Crippen LogP contribution in [0.3, 0.4) is 0 Å². The van der Waals surface area contributed by atoms with Crippen LogP contribution in [0.1, 0.15) is 19.4 Å². The van der Waals surface area contributed by atoms with E-state index in [4.69, 9.17) is 27.9 Å². The minimum atomic E-state index is 0.381. The molecule has 2 rings (SSSR count). The molecular weight excluding hydrogens is 307 g/mol. The van der Waals surface area contributed by atoms with Gasteiger partial charge in [0, 0.05) is 17.8 Å². The molecule has 0 aliphatic rings. The highest BCUT2D eigenvalue weighted by Gasteiger charge is 2.07. The van der Waals surface area contributed by atoms with Crippen molar-refractivity contribution in [3.05, 3.63) is 52.1 Å². The van der Waals surface area contributed by atoms with Gasteiger partial charge in [-0.3, -0.25) is 0 Å². The van der Waals surface area contributed by atoms with Gasteiger partial charge in [-0.05, 0) is 42.3 Å². The van der Waals surface area contributed by atoms with Crippen molar-refractivity contribution in [3.8, 4) is 11.6 Å². The molecule has 21 heavy (non-hydrogen) atoms. The Balaban J connectivity index is 2.02. The van der Waals surface area contributed by atoms with Gasteiger partial charge < -0.3 is 10.1 Å². The average Bonchev–Trinajstić information content (AvgIpc) is 2.41. The number of nitrogens with zero attached hydrogens (tertiary/aromatic N) is 1. The Labute approximate surface area is 135 Å². The van der Waals surface area contributed by atoms with Crippen molar-refractivity contribution in [3.63, 3.8) is 0 Å². The number of rotatable bonds is 6. The Morgan fingerprint density at radius 1 is 1.24 bits per heavy atom. The number of ether oxygens (including phenoxy) is 1. The number of benzene rings is 1. The molecule has 2 aromatic rings. The van der Waals surface area contributed by atoms with Crippen LogP contribution in [0.5, 0.6) is 11.6 Å². The van der Waals surface area contributed by atoms with Gasteiger partial charge in [-0.15, -0.1) is 0 Å². The second-order valence-corrected chi connectivity index (χ2v) is 6.06. The molecule has 3 nitrogen and oxygen atoms in total. The van der Waals surface area contributed by atoms with Crippen molar-refractivity contribution in [2.75, 3.05) is 6.54 Å².